The number of H-pyrrole nitrogens is 1. The number of nitrogens with two attached hydrogens (primary N) is 1. The summed E-state index contributed by atoms with van der Waals surface area (Å²) < 4.78 is 0. The summed E-state index contributed by atoms with van der Waals surface area (Å²) in [6, 6.07) is 6.37. The van der Waals surface area contributed by atoms with Gasteiger partial charge in [-0.25, -0.2) is 4.79 Å². The summed E-state index contributed by atoms with van der Waals surface area (Å²) in [6.07, 6.45) is 1.65. The van der Waals surface area contributed by atoms with E-state index in [0.29, 0.717) is 11.8 Å². The summed E-state index contributed by atoms with van der Waals surface area (Å²) >= 11 is 0. The second kappa shape index (κ2) is 5.44. The van der Waals surface area contributed by atoms with Gasteiger partial charge in [-0.2, -0.15) is 0 Å². The lowest BCUT2D eigenvalue weighted by atomic mass is 9.88. The van der Waals surface area contributed by atoms with Gasteiger partial charge in [-0.05, 0) is 11.6 Å². The largest absolute Gasteiger partial charge is 0.479 e. The standard InChI is InChI=1S/C14H16N2O4/c15-10(8-17)6-14(20,13(18)19)5-9-7-16-12-4-2-1-3-11(9)12/h1-4,7-8,10,16,20H,5-6,15H2,(H,18,19)/t10-,14-/m1/s1. The third-order valence-corrected chi connectivity index (χ3v) is 3.30. The van der Waals surface area contributed by atoms with Gasteiger partial charge in [-0.3, -0.25) is 0 Å². The van der Waals surface area contributed by atoms with E-state index >= 15 is 0 Å². The molecular weight excluding hydrogens is 260 g/mol. The number of aromatic nitrogens is 1. The fourth-order valence-corrected chi connectivity index (χ4v) is 2.27. The van der Waals surface area contributed by atoms with Crippen molar-refractivity contribution >= 4 is 23.2 Å². The van der Waals surface area contributed by atoms with Gasteiger partial charge in [0.15, 0.2) is 5.60 Å². The van der Waals surface area contributed by atoms with Gasteiger partial charge in [0.05, 0.1) is 6.04 Å². The summed E-state index contributed by atoms with van der Waals surface area (Å²) in [7, 11) is 0. The Kier molecular flexibility index (Phi) is 3.87. The Morgan fingerprint density at radius 1 is 1.45 bits per heavy atom. The van der Waals surface area contributed by atoms with Gasteiger partial charge in [0, 0.05) is 29.9 Å². The highest BCUT2D eigenvalue weighted by atomic mass is 16.4. The molecule has 0 saturated heterocycles. The normalized spacial score (nSPS) is 15.7. The summed E-state index contributed by atoms with van der Waals surface area (Å²) in [5.41, 5.74) is 4.90. The third-order valence-electron chi connectivity index (χ3n) is 3.30. The topological polar surface area (TPSA) is 116 Å². The van der Waals surface area contributed by atoms with E-state index in [4.69, 9.17) is 5.73 Å². The van der Waals surface area contributed by atoms with Crippen molar-refractivity contribution in [2.75, 3.05) is 0 Å². The summed E-state index contributed by atoms with van der Waals surface area (Å²) in [4.78, 5) is 24.9. The van der Waals surface area contributed by atoms with Crippen LogP contribution < -0.4 is 5.73 Å². The number of carbonyl (C=O) groups is 2. The Labute approximate surface area is 115 Å². The molecule has 20 heavy (non-hydrogen) atoms. The number of aromatic amines is 1. The Balaban J connectivity index is 2.32. The number of para-hydroxylation sites is 1. The highest BCUT2D eigenvalue weighted by Crippen LogP contribution is 2.25. The molecule has 0 spiro atoms. The predicted molar refractivity (Wildman–Crippen MR) is 73.2 cm³/mol. The van der Waals surface area contributed by atoms with Crippen LogP contribution in [0.3, 0.4) is 0 Å². The van der Waals surface area contributed by atoms with Crippen molar-refractivity contribution < 1.29 is 19.8 Å². The zero-order valence-corrected chi connectivity index (χ0v) is 10.7. The Hall–Kier alpha value is -2.18. The number of rotatable bonds is 6. The Morgan fingerprint density at radius 2 is 2.15 bits per heavy atom. The summed E-state index contributed by atoms with van der Waals surface area (Å²) in [5, 5.41) is 20.3. The van der Waals surface area contributed by atoms with Crippen molar-refractivity contribution in [3.8, 4) is 0 Å². The van der Waals surface area contributed by atoms with E-state index in [1.807, 2.05) is 24.3 Å². The number of nitrogens with one attached hydrogen (secondary N) is 1. The first-order valence-electron chi connectivity index (χ1n) is 6.18. The van der Waals surface area contributed by atoms with Crippen molar-refractivity contribution in [3.05, 3.63) is 36.0 Å². The molecule has 6 nitrogen and oxygen atoms in total. The van der Waals surface area contributed by atoms with Crippen LogP contribution in [0.25, 0.3) is 10.9 Å². The lowest BCUT2D eigenvalue weighted by Crippen LogP contribution is -2.46. The van der Waals surface area contributed by atoms with Crippen LogP contribution in [0.1, 0.15) is 12.0 Å². The van der Waals surface area contributed by atoms with Gasteiger partial charge in [0.1, 0.15) is 6.29 Å². The van der Waals surface area contributed by atoms with Crippen LogP contribution in [0.15, 0.2) is 30.5 Å². The second-order valence-electron chi connectivity index (χ2n) is 4.88. The molecule has 6 heteroatoms. The number of carbonyl (C=O) groups excluding carboxylic acids is 1. The molecule has 0 saturated carbocycles. The van der Waals surface area contributed by atoms with E-state index in [9.17, 15) is 19.8 Å². The minimum absolute atomic E-state index is 0.117. The van der Waals surface area contributed by atoms with Crippen LogP contribution in [-0.2, 0) is 16.0 Å². The number of aliphatic carboxylic acids is 1. The molecule has 2 aromatic rings. The number of aldehydes is 1. The average molecular weight is 276 g/mol. The van der Waals surface area contributed by atoms with Crippen LogP contribution in [-0.4, -0.2) is 39.1 Å². The maximum atomic E-state index is 11.3. The third kappa shape index (κ3) is 2.71. The number of hydrogen-bond acceptors (Lipinski definition) is 4. The number of carboxylic acids is 1. The van der Waals surface area contributed by atoms with Crippen LogP contribution in [0.4, 0.5) is 0 Å². The molecule has 0 amide bonds. The molecule has 0 aliphatic heterocycles. The van der Waals surface area contributed by atoms with Gasteiger partial charge < -0.3 is 25.7 Å². The molecular formula is C14H16N2O4. The van der Waals surface area contributed by atoms with Gasteiger partial charge >= 0.3 is 5.97 Å². The molecule has 0 fully saturated rings. The van der Waals surface area contributed by atoms with Gasteiger partial charge in [0.2, 0.25) is 0 Å². The first-order chi connectivity index (χ1) is 9.46. The molecule has 1 aromatic heterocycles. The van der Waals surface area contributed by atoms with Gasteiger partial charge in [0.25, 0.3) is 0 Å². The fourth-order valence-electron chi connectivity index (χ4n) is 2.27. The van der Waals surface area contributed by atoms with Crippen molar-refractivity contribution in [1.82, 2.24) is 4.98 Å². The quantitative estimate of drug-likeness (QED) is 0.571. The van der Waals surface area contributed by atoms with E-state index in [0.717, 1.165) is 10.9 Å². The first kappa shape index (κ1) is 14.2. The fraction of sp³-hybridized carbons (Fsp3) is 0.286. The minimum Gasteiger partial charge on any atom is -0.479 e. The monoisotopic (exact) mass is 276 g/mol. The van der Waals surface area contributed by atoms with Gasteiger partial charge in [-0.15, -0.1) is 0 Å². The minimum atomic E-state index is -2.06. The highest BCUT2D eigenvalue weighted by molar-refractivity contribution is 5.85. The number of benzene rings is 1. The molecule has 1 aromatic carbocycles. The van der Waals surface area contributed by atoms with Crippen LogP contribution in [0, 0.1) is 0 Å². The molecule has 106 valence electrons. The molecule has 1 heterocycles. The SMILES string of the molecule is N[C@@H](C=O)C[C@](O)(Cc1c[nH]c2ccccc12)C(=O)O. The maximum absolute atomic E-state index is 11.3. The first-order valence-corrected chi connectivity index (χ1v) is 6.18. The zero-order chi connectivity index (χ0) is 14.8. The van der Waals surface area contributed by atoms with E-state index in [1.165, 1.54) is 0 Å². The number of fused-ring (bicyclic) bond motifs is 1. The molecule has 0 bridgehead atoms. The smallest absolute Gasteiger partial charge is 0.336 e. The highest BCUT2D eigenvalue weighted by Gasteiger charge is 2.38. The number of hydrogen-bond donors (Lipinski definition) is 4. The van der Waals surface area contributed by atoms with Crippen LogP contribution in [0.5, 0.6) is 0 Å². The zero-order valence-electron chi connectivity index (χ0n) is 10.7. The molecule has 0 aliphatic carbocycles. The van der Waals surface area contributed by atoms with Crippen molar-refractivity contribution in [2.45, 2.75) is 24.5 Å². The number of carboxylic acid groups (broad SMARTS) is 1. The number of aliphatic hydroxyl groups is 1. The van der Waals surface area contributed by atoms with E-state index in [1.54, 1.807) is 6.20 Å². The second-order valence-corrected chi connectivity index (χ2v) is 4.88. The van der Waals surface area contributed by atoms with Crippen molar-refractivity contribution in [1.29, 1.82) is 0 Å². The molecule has 2 rings (SSSR count). The lowest BCUT2D eigenvalue weighted by molar-refractivity contribution is -0.159. The molecule has 2 atom stereocenters. The summed E-state index contributed by atoms with van der Waals surface area (Å²) in [6.45, 7) is 0. The molecule has 0 unspecified atom stereocenters. The van der Waals surface area contributed by atoms with E-state index < -0.39 is 17.6 Å². The van der Waals surface area contributed by atoms with Gasteiger partial charge in [-0.1, -0.05) is 18.2 Å². The van der Waals surface area contributed by atoms with Crippen molar-refractivity contribution in [3.63, 3.8) is 0 Å². The van der Waals surface area contributed by atoms with E-state index in [-0.39, 0.29) is 12.8 Å². The lowest BCUT2D eigenvalue weighted by Gasteiger charge is -2.24. The summed E-state index contributed by atoms with van der Waals surface area (Å²) in [5.74, 6) is -1.39. The van der Waals surface area contributed by atoms with Crippen LogP contribution in [0.2, 0.25) is 0 Å². The van der Waals surface area contributed by atoms with Crippen LogP contribution >= 0.6 is 0 Å². The Bertz CT molecular complexity index is 637. The van der Waals surface area contributed by atoms with Crippen molar-refractivity contribution in [2.24, 2.45) is 5.73 Å². The predicted octanol–water partition coefficient (Wildman–Crippen LogP) is 0.442. The molecule has 0 aliphatic rings. The average Bonchev–Trinajstić information content (AvgIpc) is 2.81. The molecule has 5 N–H and O–H groups in total. The Morgan fingerprint density at radius 3 is 2.80 bits per heavy atom. The molecule has 0 radical (unpaired) electrons. The maximum Gasteiger partial charge on any atom is 0.336 e. The van der Waals surface area contributed by atoms with E-state index in [2.05, 4.69) is 4.98 Å².